The minimum Gasteiger partial charge on any atom is -0.494 e. The molecular formula is C23H26N4O4S. The molecule has 0 aliphatic rings. The molecule has 32 heavy (non-hydrogen) atoms. The number of carbonyl (C=O) groups is 1. The van der Waals surface area contributed by atoms with E-state index in [1.807, 2.05) is 27.7 Å². The molecule has 3 aromatic rings. The average Bonchev–Trinajstić information content (AvgIpc) is 2.75. The number of carbonyl (C=O) groups excluding carboxylic acids is 1. The number of sulfonamides is 1. The Hall–Kier alpha value is -3.46. The molecular weight excluding hydrogens is 428 g/mol. The third kappa shape index (κ3) is 5.82. The van der Waals surface area contributed by atoms with Gasteiger partial charge in [-0.25, -0.2) is 18.4 Å². The molecule has 3 rings (SSSR count). The van der Waals surface area contributed by atoms with Crippen molar-refractivity contribution < 1.29 is 17.9 Å². The predicted octanol–water partition coefficient (Wildman–Crippen LogP) is 4.23. The Kier molecular flexibility index (Phi) is 6.78. The molecule has 0 aliphatic carbocycles. The number of hydrogen-bond donors (Lipinski definition) is 2. The Morgan fingerprint density at radius 2 is 1.66 bits per heavy atom. The number of ether oxygens (including phenoxy) is 1. The molecule has 8 nitrogen and oxygen atoms in total. The van der Waals surface area contributed by atoms with Gasteiger partial charge in [-0.2, -0.15) is 0 Å². The maximum atomic E-state index is 12.8. The first-order chi connectivity index (χ1) is 15.1. The third-order valence-corrected chi connectivity index (χ3v) is 5.78. The lowest BCUT2D eigenvalue weighted by molar-refractivity contribution is 0.102. The number of rotatable bonds is 7. The second kappa shape index (κ2) is 9.35. The highest BCUT2D eigenvalue weighted by atomic mass is 32.2. The number of amides is 1. The highest BCUT2D eigenvalue weighted by molar-refractivity contribution is 7.92. The van der Waals surface area contributed by atoms with E-state index < -0.39 is 15.9 Å². The minimum absolute atomic E-state index is 0.0293. The van der Waals surface area contributed by atoms with Crippen molar-refractivity contribution in [1.29, 1.82) is 0 Å². The van der Waals surface area contributed by atoms with Gasteiger partial charge >= 0.3 is 0 Å². The zero-order valence-electron chi connectivity index (χ0n) is 18.4. The van der Waals surface area contributed by atoms with Crippen LogP contribution in [0.3, 0.4) is 0 Å². The summed E-state index contributed by atoms with van der Waals surface area (Å²) < 4.78 is 33.4. The Bertz CT molecular complexity index is 1190. The van der Waals surface area contributed by atoms with Crippen LogP contribution in [-0.4, -0.2) is 30.9 Å². The van der Waals surface area contributed by atoms with Gasteiger partial charge in [0.1, 0.15) is 11.6 Å². The van der Waals surface area contributed by atoms with Crippen molar-refractivity contribution in [2.75, 3.05) is 16.6 Å². The first kappa shape index (κ1) is 23.2. The van der Waals surface area contributed by atoms with Crippen LogP contribution in [0, 0.1) is 0 Å². The summed E-state index contributed by atoms with van der Waals surface area (Å²) in [4.78, 5) is 21.2. The molecule has 9 heteroatoms. The smallest absolute Gasteiger partial charge is 0.261 e. The SMILES string of the molecule is CCOc1ccc(NS(=O)(=O)c2cccc(C(=O)Nc3cnc(C(C)(C)C)nc3)c2)cc1. The fourth-order valence-electron chi connectivity index (χ4n) is 2.79. The van der Waals surface area contributed by atoms with E-state index in [0.29, 0.717) is 29.6 Å². The lowest BCUT2D eigenvalue weighted by atomic mass is 9.96. The van der Waals surface area contributed by atoms with Crippen LogP contribution in [0.25, 0.3) is 0 Å². The fourth-order valence-corrected chi connectivity index (χ4v) is 3.89. The van der Waals surface area contributed by atoms with Crippen molar-refractivity contribution in [3.8, 4) is 5.75 Å². The van der Waals surface area contributed by atoms with Gasteiger partial charge in [0.2, 0.25) is 0 Å². The van der Waals surface area contributed by atoms with E-state index in [1.54, 1.807) is 24.3 Å². The van der Waals surface area contributed by atoms with Gasteiger partial charge in [0, 0.05) is 16.7 Å². The normalized spacial score (nSPS) is 11.6. The lowest BCUT2D eigenvalue weighted by Gasteiger charge is -2.16. The van der Waals surface area contributed by atoms with E-state index >= 15 is 0 Å². The molecule has 0 aliphatic heterocycles. The molecule has 0 bridgehead atoms. The Morgan fingerprint density at radius 1 is 1.00 bits per heavy atom. The second-order valence-corrected chi connectivity index (χ2v) is 9.77. The summed E-state index contributed by atoms with van der Waals surface area (Å²) in [5.74, 6) is 0.841. The van der Waals surface area contributed by atoms with Gasteiger partial charge in [0.15, 0.2) is 0 Å². The van der Waals surface area contributed by atoms with Gasteiger partial charge in [-0.3, -0.25) is 9.52 Å². The van der Waals surface area contributed by atoms with E-state index in [4.69, 9.17) is 4.74 Å². The largest absolute Gasteiger partial charge is 0.494 e. The van der Waals surface area contributed by atoms with Crippen molar-refractivity contribution in [3.05, 3.63) is 72.3 Å². The van der Waals surface area contributed by atoms with Gasteiger partial charge in [0.25, 0.3) is 15.9 Å². The van der Waals surface area contributed by atoms with E-state index in [-0.39, 0.29) is 15.9 Å². The Labute approximate surface area is 188 Å². The highest BCUT2D eigenvalue weighted by Gasteiger charge is 2.19. The standard InChI is InChI=1S/C23H26N4O4S/c1-5-31-19-11-9-17(10-12-19)27-32(29,30)20-8-6-7-16(13-20)21(28)26-18-14-24-22(25-15-18)23(2,3)4/h6-15,27H,5H2,1-4H3,(H,26,28). The molecule has 1 heterocycles. The molecule has 2 aromatic carbocycles. The number of nitrogens with zero attached hydrogens (tertiary/aromatic N) is 2. The molecule has 0 fully saturated rings. The van der Waals surface area contributed by atoms with Gasteiger partial charge in [-0.05, 0) is 49.4 Å². The van der Waals surface area contributed by atoms with Crippen LogP contribution >= 0.6 is 0 Å². The number of aromatic nitrogens is 2. The van der Waals surface area contributed by atoms with Crippen LogP contribution in [0.15, 0.2) is 65.8 Å². The summed E-state index contributed by atoms with van der Waals surface area (Å²) in [7, 11) is -3.88. The maximum Gasteiger partial charge on any atom is 0.261 e. The van der Waals surface area contributed by atoms with Crippen molar-refractivity contribution in [2.24, 2.45) is 0 Å². The summed E-state index contributed by atoms with van der Waals surface area (Å²) >= 11 is 0. The molecule has 0 atom stereocenters. The van der Waals surface area contributed by atoms with Gasteiger partial charge in [-0.15, -0.1) is 0 Å². The summed E-state index contributed by atoms with van der Waals surface area (Å²) in [5, 5.41) is 2.69. The molecule has 1 amide bonds. The van der Waals surface area contributed by atoms with Crippen LogP contribution in [0.5, 0.6) is 5.75 Å². The van der Waals surface area contributed by atoms with Crippen molar-refractivity contribution in [3.63, 3.8) is 0 Å². The summed E-state index contributed by atoms with van der Waals surface area (Å²) in [6.07, 6.45) is 3.05. The van der Waals surface area contributed by atoms with Crippen LogP contribution in [0.4, 0.5) is 11.4 Å². The summed E-state index contributed by atoms with van der Waals surface area (Å²) in [6.45, 7) is 8.37. The van der Waals surface area contributed by atoms with Crippen LogP contribution in [-0.2, 0) is 15.4 Å². The molecule has 0 spiro atoms. The molecule has 0 saturated carbocycles. The second-order valence-electron chi connectivity index (χ2n) is 8.09. The molecule has 0 unspecified atom stereocenters. The van der Waals surface area contributed by atoms with Gasteiger partial charge in [0.05, 0.1) is 29.6 Å². The van der Waals surface area contributed by atoms with Crippen LogP contribution in [0.1, 0.15) is 43.9 Å². The number of nitrogens with one attached hydrogen (secondary N) is 2. The van der Waals surface area contributed by atoms with E-state index in [9.17, 15) is 13.2 Å². The quantitative estimate of drug-likeness (QED) is 0.553. The number of hydrogen-bond acceptors (Lipinski definition) is 6. The predicted molar refractivity (Wildman–Crippen MR) is 124 cm³/mol. The van der Waals surface area contributed by atoms with E-state index in [0.717, 1.165) is 0 Å². The maximum absolute atomic E-state index is 12.8. The van der Waals surface area contributed by atoms with Crippen molar-refractivity contribution in [1.82, 2.24) is 9.97 Å². The van der Waals surface area contributed by atoms with Crippen LogP contribution in [0.2, 0.25) is 0 Å². The fraction of sp³-hybridized carbons (Fsp3) is 0.261. The summed E-state index contributed by atoms with van der Waals surface area (Å²) in [6, 6.07) is 12.4. The molecule has 168 valence electrons. The molecule has 2 N–H and O–H groups in total. The van der Waals surface area contributed by atoms with E-state index in [1.165, 1.54) is 36.7 Å². The zero-order chi connectivity index (χ0) is 23.4. The average molecular weight is 455 g/mol. The number of benzene rings is 2. The third-order valence-electron chi connectivity index (χ3n) is 4.40. The zero-order valence-corrected chi connectivity index (χ0v) is 19.2. The number of anilines is 2. The topological polar surface area (TPSA) is 110 Å². The van der Waals surface area contributed by atoms with Gasteiger partial charge in [-0.1, -0.05) is 26.8 Å². The minimum atomic E-state index is -3.88. The van der Waals surface area contributed by atoms with Gasteiger partial charge < -0.3 is 10.1 Å². The molecule has 0 saturated heterocycles. The summed E-state index contributed by atoms with van der Waals surface area (Å²) in [5.41, 5.74) is 0.796. The molecule has 1 aromatic heterocycles. The Morgan fingerprint density at radius 3 is 2.25 bits per heavy atom. The van der Waals surface area contributed by atoms with Crippen molar-refractivity contribution in [2.45, 2.75) is 38.0 Å². The lowest BCUT2D eigenvalue weighted by Crippen LogP contribution is -2.18. The first-order valence-corrected chi connectivity index (χ1v) is 11.6. The van der Waals surface area contributed by atoms with Crippen LogP contribution < -0.4 is 14.8 Å². The van der Waals surface area contributed by atoms with E-state index in [2.05, 4.69) is 20.0 Å². The highest BCUT2D eigenvalue weighted by Crippen LogP contribution is 2.21. The van der Waals surface area contributed by atoms with Crippen molar-refractivity contribution >= 4 is 27.3 Å². The Balaban J connectivity index is 1.74. The molecule has 0 radical (unpaired) electrons. The first-order valence-electron chi connectivity index (χ1n) is 10.1. The monoisotopic (exact) mass is 454 g/mol.